The van der Waals surface area contributed by atoms with Gasteiger partial charge in [0.25, 0.3) is 5.91 Å². The Kier molecular flexibility index (Phi) is 8.94. The summed E-state index contributed by atoms with van der Waals surface area (Å²) in [5.41, 5.74) is 0.118. The lowest BCUT2D eigenvalue weighted by Crippen LogP contribution is -2.55. The van der Waals surface area contributed by atoms with Crippen molar-refractivity contribution in [2.45, 2.75) is 50.5 Å². The van der Waals surface area contributed by atoms with Gasteiger partial charge in [0.05, 0.1) is 47.7 Å². The third-order valence-electron chi connectivity index (χ3n) is 8.21. The number of amides is 1. The number of piperazine rings is 1. The normalized spacial score (nSPS) is 21.0. The van der Waals surface area contributed by atoms with Gasteiger partial charge in [-0.1, -0.05) is 18.2 Å². The molecule has 3 aliphatic rings. The Hall–Kier alpha value is -3.70. The van der Waals surface area contributed by atoms with E-state index in [4.69, 9.17) is 21.3 Å². The second-order valence-corrected chi connectivity index (χ2v) is 11.3. The molecule has 0 bridgehead atoms. The predicted octanol–water partition coefficient (Wildman–Crippen LogP) is 3.99. The van der Waals surface area contributed by atoms with Crippen LogP contribution in [0.2, 0.25) is 5.02 Å². The quantitative estimate of drug-likeness (QED) is 0.335. The molecule has 0 aliphatic carbocycles. The summed E-state index contributed by atoms with van der Waals surface area (Å²) in [5, 5.41) is 8.92. The predicted molar refractivity (Wildman–Crippen MR) is 150 cm³/mol. The summed E-state index contributed by atoms with van der Waals surface area (Å²) in [7, 11) is 2.01. The molecule has 0 radical (unpaired) electrons. The monoisotopic (exact) mass is 622 g/mol. The van der Waals surface area contributed by atoms with Crippen LogP contribution in [0.4, 0.5) is 29.1 Å². The van der Waals surface area contributed by atoms with Crippen molar-refractivity contribution in [2.24, 2.45) is 0 Å². The fraction of sp³-hybridized carbons (Fsp3) is 0.536. The number of nitrogens with zero attached hydrogens (tertiary/aromatic N) is 8. The van der Waals surface area contributed by atoms with E-state index in [0.717, 1.165) is 37.3 Å². The first kappa shape index (κ1) is 30.7. The molecule has 1 amide bonds. The van der Waals surface area contributed by atoms with Crippen molar-refractivity contribution in [3.63, 3.8) is 0 Å². The molecule has 0 spiro atoms. The lowest BCUT2D eigenvalue weighted by molar-refractivity contribution is -0.137. The average molecular weight is 623 g/mol. The minimum Gasteiger partial charge on any atom is -0.462 e. The Balaban J connectivity index is 1.49. The van der Waals surface area contributed by atoms with Crippen LogP contribution in [0.5, 0.6) is 6.01 Å². The van der Waals surface area contributed by atoms with Crippen LogP contribution in [-0.4, -0.2) is 89.1 Å². The topological polar surface area (TPSA) is 102 Å². The summed E-state index contributed by atoms with van der Waals surface area (Å²) < 4.78 is 61.7. The van der Waals surface area contributed by atoms with Crippen molar-refractivity contribution in [2.75, 3.05) is 56.2 Å². The number of likely N-dealkylation sites (tertiary alicyclic amines) is 1. The molecule has 15 heteroatoms. The van der Waals surface area contributed by atoms with Gasteiger partial charge < -0.3 is 24.3 Å². The molecule has 230 valence electrons. The van der Waals surface area contributed by atoms with Crippen LogP contribution >= 0.6 is 11.6 Å². The summed E-state index contributed by atoms with van der Waals surface area (Å²) >= 11 is 5.95. The Morgan fingerprint density at radius 2 is 1.98 bits per heavy atom. The molecule has 0 N–H and O–H groups in total. The molecule has 3 aliphatic heterocycles. The maximum atomic E-state index is 14.0. The van der Waals surface area contributed by atoms with Crippen LogP contribution in [0.1, 0.15) is 36.1 Å². The van der Waals surface area contributed by atoms with Crippen molar-refractivity contribution in [1.82, 2.24) is 24.8 Å². The number of aromatic nitrogens is 3. The van der Waals surface area contributed by atoms with Crippen molar-refractivity contribution in [1.29, 1.82) is 5.26 Å². The van der Waals surface area contributed by atoms with E-state index in [1.165, 1.54) is 9.80 Å². The smallest absolute Gasteiger partial charge is 0.419 e. The number of ether oxygens (including phenoxy) is 1. The summed E-state index contributed by atoms with van der Waals surface area (Å²) in [4.78, 5) is 32.6. The van der Waals surface area contributed by atoms with Gasteiger partial charge in [0.15, 0.2) is 5.83 Å². The van der Waals surface area contributed by atoms with Crippen LogP contribution in [-0.2, 0) is 23.9 Å². The molecule has 0 unspecified atom stereocenters. The number of hydrogen-bond acceptors (Lipinski definition) is 9. The largest absolute Gasteiger partial charge is 0.462 e. The van der Waals surface area contributed by atoms with Crippen molar-refractivity contribution < 1.29 is 27.1 Å². The molecule has 43 heavy (non-hydrogen) atoms. The van der Waals surface area contributed by atoms with Crippen LogP contribution in [0.15, 0.2) is 24.8 Å². The Labute approximate surface area is 251 Å². The zero-order valence-electron chi connectivity index (χ0n) is 23.6. The summed E-state index contributed by atoms with van der Waals surface area (Å²) in [6, 6.07) is 1.70. The molecule has 0 aromatic carbocycles. The summed E-state index contributed by atoms with van der Waals surface area (Å²) in [5.74, 6) is -1.44. The number of rotatable bonds is 7. The molecule has 2 fully saturated rings. The van der Waals surface area contributed by atoms with Crippen LogP contribution in [0.25, 0.3) is 0 Å². The zero-order chi connectivity index (χ0) is 30.9. The van der Waals surface area contributed by atoms with E-state index in [1.54, 1.807) is 0 Å². The standard InChI is InChI=1S/C28H31ClF4N8O2/c1-17(30)26(42)41-11-10-40(14-18(41)5-7-34)25-20-6-9-39(23-13-35-12-21(29)24(23)28(31,32)33)15-22(20)36-27(37-25)43-16-19-4-3-8-38(19)2/h12-13,18-19H,1,3-6,8-11,14-16H2,2H3/t18-,19-/m0/s1. The lowest BCUT2D eigenvalue weighted by atomic mass is 10.0. The molecule has 5 heterocycles. The fourth-order valence-corrected chi connectivity index (χ4v) is 6.24. The van der Waals surface area contributed by atoms with E-state index in [1.807, 2.05) is 11.9 Å². The van der Waals surface area contributed by atoms with E-state index < -0.39 is 34.5 Å². The van der Waals surface area contributed by atoms with Crippen LogP contribution in [0.3, 0.4) is 0 Å². The van der Waals surface area contributed by atoms with Gasteiger partial charge in [-0.3, -0.25) is 9.78 Å². The number of hydrogen-bond donors (Lipinski definition) is 0. The van der Waals surface area contributed by atoms with Gasteiger partial charge in [-0.2, -0.15) is 28.4 Å². The minimum absolute atomic E-state index is 0.0252. The number of carbonyl (C=O) groups excluding carboxylic acids is 1. The summed E-state index contributed by atoms with van der Waals surface area (Å²) in [6.45, 7) is 5.24. The zero-order valence-corrected chi connectivity index (χ0v) is 24.3. The first-order valence-electron chi connectivity index (χ1n) is 13.9. The highest BCUT2D eigenvalue weighted by molar-refractivity contribution is 6.31. The van der Waals surface area contributed by atoms with E-state index in [9.17, 15) is 27.6 Å². The van der Waals surface area contributed by atoms with E-state index in [0.29, 0.717) is 24.5 Å². The number of carbonyl (C=O) groups is 1. The van der Waals surface area contributed by atoms with Crippen molar-refractivity contribution >= 4 is 29.0 Å². The van der Waals surface area contributed by atoms with Gasteiger partial charge in [-0.05, 0) is 32.9 Å². The third-order valence-corrected chi connectivity index (χ3v) is 8.49. The number of nitriles is 1. The van der Waals surface area contributed by atoms with Crippen LogP contribution < -0.4 is 14.5 Å². The maximum absolute atomic E-state index is 14.0. The van der Waals surface area contributed by atoms with Gasteiger partial charge in [0.1, 0.15) is 18.0 Å². The lowest BCUT2D eigenvalue weighted by Gasteiger charge is -2.42. The van der Waals surface area contributed by atoms with Gasteiger partial charge >= 0.3 is 12.2 Å². The number of likely N-dealkylation sites (N-methyl/N-ethyl adjacent to an activating group) is 1. The average Bonchev–Trinajstić information content (AvgIpc) is 3.38. The Morgan fingerprint density at radius 3 is 2.65 bits per heavy atom. The Morgan fingerprint density at radius 1 is 1.19 bits per heavy atom. The molecule has 2 aromatic heterocycles. The first-order chi connectivity index (χ1) is 20.5. The molecular weight excluding hydrogens is 592 g/mol. The SMILES string of the molecule is C=C(F)C(=O)N1CCN(c2nc(OC[C@@H]3CCCN3C)nc3c2CCN(c2cncc(Cl)c2C(F)(F)F)C3)C[C@@H]1CC#N. The second-order valence-electron chi connectivity index (χ2n) is 10.9. The van der Waals surface area contributed by atoms with Gasteiger partial charge in [-0.25, -0.2) is 4.39 Å². The molecule has 2 saturated heterocycles. The highest BCUT2D eigenvalue weighted by Crippen LogP contribution is 2.42. The van der Waals surface area contributed by atoms with E-state index >= 15 is 0 Å². The first-order valence-corrected chi connectivity index (χ1v) is 14.3. The minimum atomic E-state index is -4.69. The highest BCUT2D eigenvalue weighted by Gasteiger charge is 2.40. The van der Waals surface area contributed by atoms with Crippen molar-refractivity contribution in [3.05, 3.63) is 46.6 Å². The van der Waals surface area contributed by atoms with Gasteiger partial charge in [-0.15, -0.1) is 0 Å². The van der Waals surface area contributed by atoms with Crippen molar-refractivity contribution in [3.8, 4) is 12.1 Å². The van der Waals surface area contributed by atoms with Crippen LogP contribution in [0, 0.1) is 11.3 Å². The molecule has 5 rings (SSSR count). The Bertz CT molecular complexity index is 1430. The second kappa shape index (κ2) is 12.5. The molecular formula is C28H31ClF4N8O2. The molecule has 2 atom stereocenters. The van der Waals surface area contributed by atoms with Gasteiger partial charge in [0, 0.05) is 44.0 Å². The number of fused-ring (bicyclic) bond motifs is 1. The van der Waals surface area contributed by atoms with E-state index in [2.05, 4.69) is 27.5 Å². The number of alkyl halides is 3. The maximum Gasteiger partial charge on any atom is 0.419 e. The number of pyridine rings is 1. The highest BCUT2D eigenvalue weighted by atomic mass is 35.5. The molecule has 2 aromatic rings. The number of halogens is 5. The number of anilines is 2. The van der Waals surface area contributed by atoms with Gasteiger partial charge in [0.2, 0.25) is 0 Å². The fourth-order valence-electron chi connectivity index (χ4n) is 5.98. The third kappa shape index (κ3) is 6.47. The molecule has 0 saturated carbocycles. The van der Waals surface area contributed by atoms with E-state index in [-0.39, 0.29) is 56.9 Å². The molecule has 10 nitrogen and oxygen atoms in total. The summed E-state index contributed by atoms with van der Waals surface area (Å²) in [6.07, 6.45) is -0.296.